The van der Waals surface area contributed by atoms with Gasteiger partial charge in [-0.15, -0.1) is 11.8 Å². The van der Waals surface area contributed by atoms with Gasteiger partial charge in [-0.2, -0.15) is 16.8 Å². The summed E-state index contributed by atoms with van der Waals surface area (Å²) in [5, 5.41) is 0. The summed E-state index contributed by atoms with van der Waals surface area (Å²) in [6.45, 7) is 2.90. The van der Waals surface area contributed by atoms with E-state index in [1.807, 2.05) is 24.3 Å². The van der Waals surface area contributed by atoms with Crippen LogP contribution in [0.25, 0.3) is 10.2 Å². The zero-order valence-corrected chi connectivity index (χ0v) is 20.1. The van der Waals surface area contributed by atoms with Crippen molar-refractivity contribution in [2.75, 3.05) is 32.0 Å². The zero-order chi connectivity index (χ0) is 21.5. The lowest BCUT2D eigenvalue weighted by Gasteiger charge is -2.09. The molecule has 2 aromatic carbocycles. The Bertz CT molecular complexity index is 1070. The summed E-state index contributed by atoms with van der Waals surface area (Å²) >= 11 is 5.05. The van der Waals surface area contributed by atoms with Gasteiger partial charge in [0.1, 0.15) is 0 Å². The third-order valence-corrected chi connectivity index (χ3v) is 7.04. The first-order chi connectivity index (χ1) is 14.6. The second kappa shape index (κ2) is 10.9. The number of methoxy groups -OCH3 is 2. The van der Waals surface area contributed by atoms with Crippen LogP contribution in [0.4, 0.5) is 0 Å². The molecule has 30 heavy (non-hydrogen) atoms. The van der Waals surface area contributed by atoms with Gasteiger partial charge in [0.05, 0.1) is 30.9 Å². The van der Waals surface area contributed by atoms with Gasteiger partial charge in [-0.25, -0.2) is 0 Å². The van der Waals surface area contributed by atoms with Gasteiger partial charge < -0.3 is 14.0 Å². The number of thioether (sulfide) groups is 2. The number of rotatable bonds is 9. The number of hydrogen-bond acceptors (Lipinski definition) is 6. The zero-order valence-electron chi connectivity index (χ0n) is 17.6. The summed E-state index contributed by atoms with van der Waals surface area (Å²) in [7, 11) is 3.25. The molecule has 160 valence electrons. The summed E-state index contributed by atoms with van der Waals surface area (Å²) < 4.78 is 14.0. The van der Waals surface area contributed by atoms with Crippen molar-refractivity contribution in [3.8, 4) is 11.5 Å². The fourth-order valence-corrected chi connectivity index (χ4v) is 5.18. The molecule has 0 fully saturated rings. The molecule has 0 saturated heterocycles. The molecule has 0 atom stereocenters. The molecule has 0 unspecified atom stereocenters. The average Bonchev–Trinajstić information content (AvgIpc) is 3.08. The molecular formula is C22H26N2O3S3. The maximum atomic E-state index is 12.7. The molecule has 0 aliphatic carbocycles. The van der Waals surface area contributed by atoms with E-state index in [0.29, 0.717) is 22.7 Å². The highest BCUT2D eigenvalue weighted by atomic mass is 32.2. The summed E-state index contributed by atoms with van der Waals surface area (Å²) in [4.78, 5) is 19.1. The number of thiazole rings is 1. The first kappa shape index (κ1) is 22.8. The smallest absolute Gasteiger partial charge is 0.252 e. The number of fused-ring (bicyclic) bond motifs is 1. The van der Waals surface area contributed by atoms with Crippen LogP contribution >= 0.6 is 34.9 Å². The molecule has 0 bridgehead atoms. The van der Waals surface area contributed by atoms with E-state index in [0.717, 1.165) is 33.8 Å². The van der Waals surface area contributed by atoms with Crippen molar-refractivity contribution in [2.24, 2.45) is 4.99 Å². The molecule has 0 aliphatic rings. The predicted molar refractivity (Wildman–Crippen MR) is 128 cm³/mol. The lowest BCUT2D eigenvalue weighted by molar-refractivity contribution is -0.117. The van der Waals surface area contributed by atoms with E-state index in [-0.39, 0.29) is 5.91 Å². The molecule has 0 aliphatic heterocycles. The summed E-state index contributed by atoms with van der Waals surface area (Å²) in [6.07, 6.45) is 2.36. The second-order valence-electron chi connectivity index (χ2n) is 6.46. The summed E-state index contributed by atoms with van der Waals surface area (Å²) in [5.41, 5.74) is 1.98. The van der Waals surface area contributed by atoms with E-state index in [1.54, 1.807) is 37.7 Å². The normalized spacial score (nSPS) is 11.8. The van der Waals surface area contributed by atoms with Crippen LogP contribution in [0.2, 0.25) is 0 Å². The Morgan fingerprint density at radius 2 is 1.83 bits per heavy atom. The number of carbonyl (C=O) groups is 1. The largest absolute Gasteiger partial charge is 0.493 e. The molecule has 0 radical (unpaired) electrons. The Labute approximate surface area is 189 Å². The second-order valence-corrected chi connectivity index (χ2v) is 9.80. The molecule has 1 amide bonds. The van der Waals surface area contributed by atoms with E-state index >= 15 is 0 Å². The van der Waals surface area contributed by atoms with E-state index in [2.05, 4.69) is 34.9 Å². The highest BCUT2D eigenvalue weighted by Gasteiger charge is 2.13. The summed E-state index contributed by atoms with van der Waals surface area (Å²) in [6, 6.07) is 12.0. The number of hydrogen-bond donors (Lipinski definition) is 0. The van der Waals surface area contributed by atoms with Gasteiger partial charge in [-0.1, -0.05) is 30.4 Å². The van der Waals surface area contributed by atoms with Crippen molar-refractivity contribution in [2.45, 2.75) is 24.8 Å². The van der Waals surface area contributed by atoms with Crippen LogP contribution in [-0.4, -0.2) is 42.5 Å². The Hall–Kier alpha value is -1.90. The lowest BCUT2D eigenvalue weighted by atomic mass is 10.1. The molecule has 0 spiro atoms. The highest BCUT2D eigenvalue weighted by molar-refractivity contribution is 7.99. The number of benzene rings is 2. The first-order valence-electron chi connectivity index (χ1n) is 9.63. The van der Waals surface area contributed by atoms with Gasteiger partial charge in [0.15, 0.2) is 16.3 Å². The van der Waals surface area contributed by atoms with Crippen LogP contribution in [0, 0.1) is 0 Å². The van der Waals surface area contributed by atoms with Crippen LogP contribution in [0.1, 0.15) is 12.5 Å². The molecular weight excluding hydrogens is 436 g/mol. The van der Waals surface area contributed by atoms with E-state index in [1.165, 1.54) is 16.2 Å². The third kappa shape index (κ3) is 5.42. The van der Waals surface area contributed by atoms with Crippen LogP contribution in [0.15, 0.2) is 46.3 Å². The quantitative estimate of drug-likeness (QED) is 0.425. The van der Waals surface area contributed by atoms with Crippen molar-refractivity contribution in [3.63, 3.8) is 0 Å². The van der Waals surface area contributed by atoms with E-state index < -0.39 is 0 Å². The van der Waals surface area contributed by atoms with Crippen molar-refractivity contribution in [1.29, 1.82) is 0 Å². The number of ether oxygens (including phenoxy) is 2. The van der Waals surface area contributed by atoms with Crippen molar-refractivity contribution in [3.05, 3.63) is 46.8 Å². The number of nitrogens with zero attached hydrogens (tertiary/aromatic N) is 2. The lowest BCUT2D eigenvalue weighted by Crippen LogP contribution is -2.18. The Morgan fingerprint density at radius 1 is 1.13 bits per heavy atom. The van der Waals surface area contributed by atoms with Gasteiger partial charge in [0.2, 0.25) is 0 Å². The van der Waals surface area contributed by atoms with Gasteiger partial charge in [-0.05, 0) is 29.7 Å². The molecule has 5 nitrogen and oxygen atoms in total. The Balaban J connectivity index is 1.95. The highest BCUT2D eigenvalue weighted by Crippen LogP contribution is 2.33. The maximum Gasteiger partial charge on any atom is 0.252 e. The van der Waals surface area contributed by atoms with Gasteiger partial charge >= 0.3 is 0 Å². The number of aromatic nitrogens is 1. The molecule has 1 heterocycles. The van der Waals surface area contributed by atoms with Crippen LogP contribution in [-0.2, 0) is 17.8 Å². The SMILES string of the molecule is CCSc1ccc(CC(=O)N=c2sc3cc(OC)c(OC)cc3n2CCSC)cc1. The number of carbonyl (C=O) groups excluding carboxylic acids is 1. The van der Waals surface area contributed by atoms with Crippen molar-refractivity contribution in [1.82, 2.24) is 4.57 Å². The first-order valence-corrected chi connectivity index (χ1v) is 12.8. The summed E-state index contributed by atoms with van der Waals surface area (Å²) in [5.74, 6) is 3.16. The standard InChI is InChI=1S/C22H26N2O3S3/c1-5-29-16-8-6-15(7-9-16)12-21(25)23-22-24(10-11-28-4)17-13-18(26-2)19(27-3)14-20(17)30-22/h6-9,13-14H,5,10-12H2,1-4H3. The van der Waals surface area contributed by atoms with Crippen LogP contribution < -0.4 is 14.3 Å². The minimum atomic E-state index is -0.144. The minimum absolute atomic E-state index is 0.144. The minimum Gasteiger partial charge on any atom is -0.493 e. The fraction of sp³-hybridized carbons (Fsp3) is 0.364. The van der Waals surface area contributed by atoms with Gasteiger partial charge in [-0.3, -0.25) is 4.79 Å². The van der Waals surface area contributed by atoms with Crippen molar-refractivity contribution >= 4 is 51.0 Å². The monoisotopic (exact) mass is 462 g/mol. The maximum absolute atomic E-state index is 12.7. The Kier molecular flexibility index (Phi) is 8.30. The third-order valence-electron chi connectivity index (χ3n) is 4.52. The van der Waals surface area contributed by atoms with E-state index in [4.69, 9.17) is 9.47 Å². The molecule has 1 aromatic heterocycles. The molecule has 3 aromatic rings. The van der Waals surface area contributed by atoms with Gasteiger partial charge in [0.25, 0.3) is 5.91 Å². The van der Waals surface area contributed by atoms with Crippen LogP contribution in [0.3, 0.4) is 0 Å². The van der Waals surface area contributed by atoms with Crippen molar-refractivity contribution < 1.29 is 14.3 Å². The number of aryl methyl sites for hydroxylation is 1. The Morgan fingerprint density at radius 3 is 2.47 bits per heavy atom. The van der Waals surface area contributed by atoms with Gasteiger partial charge in [0, 0.05) is 29.3 Å². The molecule has 8 heteroatoms. The molecule has 0 saturated carbocycles. The number of amides is 1. The fourth-order valence-electron chi connectivity index (χ4n) is 3.07. The van der Waals surface area contributed by atoms with Crippen LogP contribution in [0.5, 0.6) is 11.5 Å². The molecule has 3 rings (SSSR count). The predicted octanol–water partition coefficient (Wildman–Crippen LogP) is 4.87. The van der Waals surface area contributed by atoms with E-state index in [9.17, 15) is 4.79 Å². The topological polar surface area (TPSA) is 52.8 Å². The average molecular weight is 463 g/mol. The molecule has 0 N–H and O–H groups in total.